The molecule has 2 rings (SSSR count). The number of methoxy groups -OCH3 is 1. The number of esters is 1. The van der Waals surface area contributed by atoms with Gasteiger partial charge in [-0.1, -0.05) is 12.8 Å². The van der Waals surface area contributed by atoms with Crippen LogP contribution in [-0.4, -0.2) is 25.7 Å². The number of nitrogens with one attached hydrogen (secondary N) is 1. The van der Waals surface area contributed by atoms with Crippen LogP contribution in [0.2, 0.25) is 0 Å². The summed E-state index contributed by atoms with van der Waals surface area (Å²) in [6, 6.07) is 0.581. The predicted molar refractivity (Wildman–Crippen MR) is 49.3 cm³/mol. The molecule has 0 aromatic rings. The first-order chi connectivity index (χ1) is 6.33. The number of rotatable bonds is 1. The van der Waals surface area contributed by atoms with Crippen LogP contribution in [0.4, 0.5) is 0 Å². The first-order valence-corrected chi connectivity index (χ1v) is 5.14. The van der Waals surface area contributed by atoms with Gasteiger partial charge in [-0.05, 0) is 18.8 Å². The van der Waals surface area contributed by atoms with Crippen molar-refractivity contribution in [3.05, 3.63) is 0 Å². The highest BCUT2D eigenvalue weighted by molar-refractivity contribution is 5.73. The molecule has 3 nitrogen and oxygen atoms in total. The molecule has 1 aliphatic heterocycles. The van der Waals surface area contributed by atoms with Gasteiger partial charge in [-0.25, -0.2) is 0 Å². The third-order valence-corrected chi connectivity index (χ3v) is 3.44. The average molecular weight is 183 g/mol. The number of fused-ring (bicyclic) bond motifs is 1. The van der Waals surface area contributed by atoms with E-state index >= 15 is 0 Å². The lowest BCUT2D eigenvalue weighted by Gasteiger charge is -2.27. The van der Waals surface area contributed by atoms with Crippen LogP contribution < -0.4 is 5.32 Å². The Kier molecular flexibility index (Phi) is 2.54. The summed E-state index contributed by atoms with van der Waals surface area (Å²) in [6.45, 7) is 0.821. The van der Waals surface area contributed by atoms with Gasteiger partial charge in [-0.2, -0.15) is 0 Å². The maximum absolute atomic E-state index is 11.4. The molecule has 74 valence electrons. The van der Waals surface area contributed by atoms with E-state index in [1.807, 2.05) is 0 Å². The number of hydrogen-bond donors (Lipinski definition) is 1. The highest BCUT2D eigenvalue weighted by Crippen LogP contribution is 2.34. The number of hydrogen-bond acceptors (Lipinski definition) is 3. The molecule has 0 aromatic carbocycles. The Morgan fingerprint density at radius 3 is 2.92 bits per heavy atom. The van der Waals surface area contributed by atoms with E-state index in [0.717, 1.165) is 6.54 Å². The van der Waals surface area contributed by atoms with Crippen LogP contribution >= 0.6 is 0 Å². The molecule has 2 aliphatic rings. The summed E-state index contributed by atoms with van der Waals surface area (Å²) in [7, 11) is 1.48. The van der Waals surface area contributed by atoms with Gasteiger partial charge < -0.3 is 10.1 Å². The second kappa shape index (κ2) is 3.66. The van der Waals surface area contributed by atoms with Crippen molar-refractivity contribution in [1.29, 1.82) is 0 Å². The largest absolute Gasteiger partial charge is 0.469 e. The quantitative estimate of drug-likeness (QED) is 0.615. The fourth-order valence-corrected chi connectivity index (χ4v) is 2.73. The second-order valence-corrected chi connectivity index (χ2v) is 4.09. The topological polar surface area (TPSA) is 38.3 Å². The van der Waals surface area contributed by atoms with E-state index in [2.05, 4.69) is 5.32 Å². The van der Waals surface area contributed by atoms with Crippen molar-refractivity contribution in [2.75, 3.05) is 13.7 Å². The van der Waals surface area contributed by atoms with E-state index in [-0.39, 0.29) is 11.9 Å². The minimum absolute atomic E-state index is 0.0260. The van der Waals surface area contributed by atoms with Gasteiger partial charge in [0.25, 0.3) is 0 Å². The summed E-state index contributed by atoms with van der Waals surface area (Å²) in [5, 5.41) is 3.42. The average Bonchev–Trinajstić information content (AvgIpc) is 2.60. The van der Waals surface area contributed by atoms with E-state index in [1.54, 1.807) is 0 Å². The van der Waals surface area contributed by atoms with Crippen LogP contribution in [0, 0.1) is 11.8 Å². The number of carbonyl (C=O) groups is 1. The molecular formula is C10H17NO2. The van der Waals surface area contributed by atoms with Crippen LogP contribution in [0.5, 0.6) is 0 Å². The minimum atomic E-state index is -0.0260. The van der Waals surface area contributed by atoms with Crippen LogP contribution in [-0.2, 0) is 9.53 Å². The number of carbonyl (C=O) groups excluding carboxylic acids is 1. The normalized spacial score (nSPS) is 38.4. The Hall–Kier alpha value is -0.570. The fraction of sp³-hybridized carbons (Fsp3) is 0.900. The Labute approximate surface area is 78.8 Å². The zero-order valence-corrected chi connectivity index (χ0v) is 8.08. The van der Waals surface area contributed by atoms with Crippen molar-refractivity contribution in [2.45, 2.75) is 31.7 Å². The maximum atomic E-state index is 11.4. The molecule has 0 radical (unpaired) electrons. The SMILES string of the molecule is COC(=O)[C@@H]1CN[C@H]2CCCC[C@H]21. The molecule has 0 spiro atoms. The van der Waals surface area contributed by atoms with Crippen LogP contribution in [0.3, 0.4) is 0 Å². The highest BCUT2D eigenvalue weighted by Gasteiger charge is 2.41. The first-order valence-electron chi connectivity index (χ1n) is 5.14. The first kappa shape index (κ1) is 9.00. The van der Waals surface area contributed by atoms with Crippen molar-refractivity contribution in [1.82, 2.24) is 5.32 Å². The van der Waals surface area contributed by atoms with E-state index in [1.165, 1.54) is 32.8 Å². The lowest BCUT2D eigenvalue weighted by molar-refractivity contribution is -0.146. The molecule has 2 fully saturated rings. The Balaban J connectivity index is 2.02. The second-order valence-electron chi connectivity index (χ2n) is 4.09. The smallest absolute Gasteiger partial charge is 0.310 e. The van der Waals surface area contributed by atoms with Gasteiger partial charge in [0.15, 0.2) is 0 Å². The van der Waals surface area contributed by atoms with Gasteiger partial charge >= 0.3 is 5.97 Å². The molecule has 0 amide bonds. The van der Waals surface area contributed by atoms with Gasteiger partial charge in [-0.3, -0.25) is 4.79 Å². The lowest BCUT2D eigenvalue weighted by atomic mass is 9.80. The van der Waals surface area contributed by atoms with Gasteiger partial charge in [0.05, 0.1) is 13.0 Å². The third kappa shape index (κ3) is 1.57. The van der Waals surface area contributed by atoms with E-state index in [0.29, 0.717) is 12.0 Å². The Morgan fingerprint density at radius 2 is 2.15 bits per heavy atom. The molecule has 3 atom stereocenters. The Bertz CT molecular complexity index is 205. The van der Waals surface area contributed by atoms with Crippen molar-refractivity contribution in [2.24, 2.45) is 11.8 Å². The van der Waals surface area contributed by atoms with Crippen LogP contribution in [0.1, 0.15) is 25.7 Å². The van der Waals surface area contributed by atoms with Gasteiger partial charge in [0, 0.05) is 12.6 Å². The van der Waals surface area contributed by atoms with Crippen molar-refractivity contribution in [3.63, 3.8) is 0 Å². The summed E-state index contributed by atoms with van der Waals surface area (Å²) in [5.74, 6) is 0.637. The standard InChI is InChI=1S/C10H17NO2/c1-13-10(12)8-6-11-9-5-3-2-4-7(8)9/h7-9,11H,2-6H2,1H3/t7-,8+,9-/m0/s1. The van der Waals surface area contributed by atoms with Crippen LogP contribution in [0.25, 0.3) is 0 Å². The number of ether oxygens (including phenoxy) is 1. The molecule has 1 aliphatic carbocycles. The molecule has 13 heavy (non-hydrogen) atoms. The van der Waals surface area contributed by atoms with Crippen LogP contribution in [0.15, 0.2) is 0 Å². The van der Waals surface area contributed by atoms with Gasteiger partial charge in [0.2, 0.25) is 0 Å². The molecule has 0 unspecified atom stereocenters. The van der Waals surface area contributed by atoms with Gasteiger partial charge in [0.1, 0.15) is 0 Å². The predicted octanol–water partition coefficient (Wildman–Crippen LogP) is 0.938. The molecule has 1 N–H and O–H groups in total. The molecular weight excluding hydrogens is 166 g/mol. The summed E-state index contributed by atoms with van der Waals surface area (Å²) >= 11 is 0. The zero-order chi connectivity index (χ0) is 9.26. The highest BCUT2D eigenvalue weighted by atomic mass is 16.5. The zero-order valence-electron chi connectivity index (χ0n) is 8.08. The molecule has 0 aromatic heterocycles. The lowest BCUT2D eigenvalue weighted by Crippen LogP contribution is -2.31. The molecule has 3 heteroatoms. The monoisotopic (exact) mass is 183 g/mol. The molecule has 1 saturated heterocycles. The van der Waals surface area contributed by atoms with E-state index < -0.39 is 0 Å². The molecule has 0 bridgehead atoms. The van der Waals surface area contributed by atoms with Gasteiger partial charge in [-0.15, -0.1) is 0 Å². The van der Waals surface area contributed by atoms with E-state index in [4.69, 9.17) is 4.74 Å². The maximum Gasteiger partial charge on any atom is 0.310 e. The molecule has 1 saturated carbocycles. The minimum Gasteiger partial charge on any atom is -0.469 e. The van der Waals surface area contributed by atoms with E-state index in [9.17, 15) is 4.79 Å². The fourth-order valence-electron chi connectivity index (χ4n) is 2.73. The summed E-state index contributed by atoms with van der Waals surface area (Å²) in [5.41, 5.74) is 0. The third-order valence-electron chi connectivity index (χ3n) is 3.44. The summed E-state index contributed by atoms with van der Waals surface area (Å²) < 4.78 is 4.80. The molecule has 1 heterocycles. The Morgan fingerprint density at radius 1 is 1.38 bits per heavy atom. The van der Waals surface area contributed by atoms with Crippen molar-refractivity contribution >= 4 is 5.97 Å². The summed E-state index contributed by atoms with van der Waals surface area (Å²) in [6.07, 6.45) is 5.01. The van der Waals surface area contributed by atoms with Crippen molar-refractivity contribution in [3.8, 4) is 0 Å². The summed E-state index contributed by atoms with van der Waals surface area (Å²) in [4.78, 5) is 11.4. The van der Waals surface area contributed by atoms with Crippen molar-refractivity contribution < 1.29 is 9.53 Å².